The van der Waals surface area contributed by atoms with E-state index in [0.29, 0.717) is 22.3 Å². The molecule has 0 aliphatic rings. The summed E-state index contributed by atoms with van der Waals surface area (Å²) in [5.74, 6) is -1.54. The molecule has 34 heavy (non-hydrogen) atoms. The predicted molar refractivity (Wildman–Crippen MR) is 128 cm³/mol. The van der Waals surface area contributed by atoms with Gasteiger partial charge in [0.05, 0.1) is 5.56 Å². The van der Waals surface area contributed by atoms with Crippen LogP contribution in [0.4, 0.5) is 0 Å². The van der Waals surface area contributed by atoms with Gasteiger partial charge >= 0.3 is 5.97 Å². The van der Waals surface area contributed by atoms with Gasteiger partial charge in [-0.25, -0.2) is 4.79 Å². The lowest BCUT2D eigenvalue weighted by Gasteiger charge is -2.12. The quantitative estimate of drug-likeness (QED) is 0.138. The maximum Gasteiger partial charge on any atom is 0.354 e. The first-order valence-corrected chi connectivity index (χ1v) is 10.5. The highest BCUT2D eigenvalue weighted by Gasteiger charge is 2.21. The third-order valence-corrected chi connectivity index (χ3v) is 5.15. The Morgan fingerprint density at radius 1 is 0.706 bits per heavy atom. The minimum atomic E-state index is -0.869. The largest absolute Gasteiger partial charge is 0.507 e. The van der Waals surface area contributed by atoms with Crippen molar-refractivity contribution in [2.45, 2.75) is 0 Å². The first kappa shape index (κ1) is 22.3. The van der Waals surface area contributed by atoms with E-state index < -0.39 is 5.97 Å². The van der Waals surface area contributed by atoms with Gasteiger partial charge in [0, 0.05) is 17.2 Å². The second kappa shape index (κ2) is 10.1. The molecular formula is C29H19NO4. The summed E-state index contributed by atoms with van der Waals surface area (Å²) in [6.07, 6.45) is 0. The number of esters is 1. The highest BCUT2D eigenvalue weighted by Crippen LogP contribution is 2.30. The number of rotatable bonds is 6. The number of nitriles is 1. The zero-order valence-corrected chi connectivity index (χ0v) is 18.0. The van der Waals surface area contributed by atoms with E-state index in [1.54, 1.807) is 30.3 Å². The van der Waals surface area contributed by atoms with Crippen molar-refractivity contribution < 1.29 is 19.4 Å². The number of hydrogen-bond acceptors (Lipinski definition) is 5. The lowest BCUT2D eigenvalue weighted by molar-refractivity contribution is -0.129. The van der Waals surface area contributed by atoms with Gasteiger partial charge in [-0.1, -0.05) is 91.0 Å². The van der Waals surface area contributed by atoms with E-state index in [0.717, 1.165) is 0 Å². The fraction of sp³-hybridized carbons (Fsp3) is 0. The number of phenolic OH excluding ortho intramolecular Hbond substituents is 1. The standard InChI is InChI=1S/C29H19NO4/c30-19-25(27(20-10-4-1-5-11-20)21-12-6-2-7-13-21)29(33)34-23-16-17-24(26(31)18-23)28(32)22-14-8-3-9-15-22/h1-18,31H. The first-order chi connectivity index (χ1) is 16.6. The molecule has 0 aliphatic heterocycles. The molecule has 0 fully saturated rings. The fourth-order valence-corrected chi connectivity index (χ4v) is 3.54. The number of carbonyl (C=O) groups excluding carboxylic acids is 2. The molecule has 5 nitrogen and oxygen atoms in total. The van der Waals surface area contributed by atoms with E-state index in [-0.39, 0.29) is 28.4 Å². The monoisotopic (exact) mass is 445 g/mol. The highest BCUT2D eigenvalue weighted by molar-refractivity contribution is 6.11. The zero-order chi connectivity index (χ0) is 23.9. The van der Waals surface area contributed by atoms with Crippen LogP contribution < -0.4 is 4.74 Å². The summed E-state index contributed by atoms with van der Waals surface area (Å²) in [5.41, 5.74) is 2.14. The van der Waals surface area contributed by atoms with Crippen molar-refractivity contribution in [1.82, 2.24) is 0 Å². The van der Waals surface area contributed by atoms with Crippen LogP contribution in [-0.4, -0.2) is 16.9 Å². The normalized spacial score (nSPS) is 10.1. The van der Waals surface area contributed by atoms with Gasteiger partial charge in [0.25, 0.3) is 0 Å². The molecule has 0 saturated heterocycles. The Morgan fingerprint density at radius 2 is 1.21 bits per heavy atom. The fourth-order valence-electron chi connectivity index (χ4n) is 3.54. The Hall–Kier alpha value is -4.95. The molecule has 4 rings (SSSR count). The summed E-state index contributed by atoms with van der Waals surface area (Å²) < 4.78 is 5.42. The van der Waals surface area contributed by atoms with Gasteiger partial charge in [-0.15, -0.1) is 0 Å². The van der Waals surface area contributed by atoms with Crippen molar-refractivity contribution in [3.05, 3.63) is 137 Å². The van der Waals surface area contributed by atoms with Crippen LogP contribution in [0.2, 0.25) is 0 Å². The summed E-state index contributed by atoms with van der Waals surface area (Å²) in [6, 6.07) is 32.7. The SMILES string of the molecule is N#CC(C(=O)Oc1ccc(C(=O)c2ccccc2)c(O)c1)=C(c1ccccc1)c1ccccc1. The molecule has 0 atom stereocenters. The summed E-state index contributed by atoms with van der Waals surface area (Å²) in [4.78, 5) is 25.7. The predicted octanol–water partition coefficient (Wildman–Crippen LogP) is 5.55. The molecule has 0 bridgehead atoms. The van der Waals surface area contributed by atoms with Crippen LogP contribution >= 0.6 is 0 Å². The number of carbonyl (C=O) groups is 2. The topological polar surface area (TPSA) is 87.4 Å². The number of phenols is 1. The summed E-state index contributed by atoms with van der Waals surface area (Å²) >= 11 is 0. The molecule has 0 spiro atoms. The molecule has 0 saturated carbocycles. The summed E-state index contributed by atoms with van der Waals surface area (Å²) in [6.45, 7) is 0. The van der Waals surface area contributed by atoms with E-state index in [9.17, 15) is 20.0 Å². The molecule has 0 amide bonds. The van der Waals surface area contributed by atoms with Crippen molar-refractivity contribution in [3.63, 3.8) is 0 Å². The number of ether oxygens (including phenoxy) is 1. The Kier molecular flexibility index (Phi) is 6.62. The van der Waals surface area contributed by atoms with Gasteiger partial charge in [0.1, 0.15) is 23.1 Å². The number of hydrogen-bond donors (Lipinski definition) is 1. The maximum atomic E-state index is 13.0. The average Bonchev–Trinajstić information content (AvgIpc) is 2.88. The molecule has 4 aromatic carbocycles. The lowest BCUT2D eigenvalue weighted by atomic mass is 9.93. The Bertz CT molecular complexity index is 1360. The van der Waals surface area contributed by atoms with Crippen LogP contribution in [0.1, 0.15) is 27.0 Å². The molecule has 5 heteroatoms. The van der Waals surface area contributed by atoms with E-state index >= 15 is 0 Å². The Labute approximate surface area is 196 Å². The minimum Gasteiger partial charge on any atom is -0.507 e. The smallest absolute Gasteiger partial charge is 0.354 e. The van der Waals surface area contributed by atoms with E-state index in [2.05, 4.69) is 0 Å². The van der Waals surface area contributed by atoms with Crippen LogP contribution in [0.3, 0.4) is 0 Å². The van der Waals surface area contributed by atoms with Crippen molar-refractivity contribution in [2.24, 2.45) is 0 Å². The Balaban J connectivity index is 1.67. The number of nitrogens with zero attached hydrogens (tertiary/aromatic N) is 1. The van der Waals surface area contributed by atoms with Crippen LogP contribution in [0.5, 0.6) is 11.5 Å². The number of aromatic hydroxyl groups is 1. The van der Waals surface area contributed by atoms with Crippen molar-refractivity contribution in [1.29, 1.82) is 5.26 Å². The first-order valence-electron chi connectivity index (χ1n) is 10.5. The zero-order valence-electron chi connectivity index (χ0n) is 18.0. The molecule has 1 N–H and O–H groups in total. The number of ketones is 1. The molecule has 0 aromatic heterocycles. The van der Waals surface area contributed by atoms with Gasteiger partial charge in [0.15, 0.2) is 5.78 Å². The van der Waals surface area contributed by atoms with Crippen LogP contribution in [0.15, 0.2) is 115 Å². The summed E-state index contributed by atoms with van der Waals surface area (Å²) in [5, 5.41) is 20.3. The second-order valence-corrected chi connectivity index (χ2v) is 7.36. The number of benzene rings is 4. The third kappa shape index (κ3) is 4.77. The molecule has 0 unspecified atom stereocenters. The highest BCUT2D eigenvalue weighted by atomic mass is 16.5. The van der Waals surface area contributed by atoms with Gasteiger partial charge in [-0.2, -0.15) is 5.26 Å². The molecule has 0 aliphatic carbocycles. The van der Waals surface area contributed by atoms with Crippen LogP contribution in [0, 0.1) is 11.3 Å². The maximum absolute atomic E-state index is 13.0. The Morgan fingerprint density at radius 3 is 1.68 bits per heavy atom. The molecule has 0 heterocycles. The van der Waals surface area contributed by atoms with Crippen molar-refractivity contribution >= 4 is 17.3 Å². The van der Waals surface area contributed by atoms with E-state index in [1.807, 2.05) is 66.7 Å². The molecule has 164 valence electrons. The lowest BCUT2D eigenvalue weighted by Crippen LogP contribution is -2.13. The van der Waals surface area contributed by atoms with Gasteiger partial charge < -0.3 is 9.84 Å². The van der Waals surface area contributed by atoms with Gasteiger partial charge in [0.2, 0.25) is 0 Å². The molecule has 0 radical (unpaired) electrons. The summed E-state index contributed by atoms with van der Waals surface area (Å²) in [7, 11) is 0. The van der Waals surface area contributed by atoms with Crippen LogP contribution in [-0.2, 0) is 4.79 Å². The third-order valence-electron chi connectivity index (χ3n) is 5.15. The van der Waals surface area contributed by atoms with Crippen molar-refractivity contribution in [3.8, 4) is 17.6 Å². The van der Waals surface area contributed by atoms with Gasteiger partial charge in [-0.3, -0.25) is 4.79 Å². The minimum absolute atomic E-state index is 0.0142. The van der Waals surface area contributed by atoms with Gasteiger partial charge in [-0.05, 0) is 23.3 Å². The molecule has 4 aromatic rings. The van der Waals surface area contributed by atoms with E-state index in [1.165, 1.54) is 18.2 Å². The van der Waals surface area contributed by atoms with E-state index in [4.69, 9.17) is 4.74 Å². The molecular weight excluding hydrogens is 426 g/mol. The average molecular weight is 445 g/mol. The second-order valence-electron chi connectivity index (χ2n) is 7.36. The van der Waals surface area contributed by atoms with Crippen LogP contribution in [0.25, 0.3) is 5.57 Å². The van der Waals surface area contributed by atoms with Crippen molar-refractivity contribution in [2.75, 3.05) is 0 Å².